The minimum absolute atomic E-state index is 0.0735. The van der Waals surface area contributed by atoms with Gasteiger partial charge in [0, 0.05) is 18.0 Å². The number of aryl methyl sites for hydroxylation is 1. The van der Waals surface area contributed by atoms with E-state index in [9.17, 15) is 40.0 Å². The second-order valence-electron chi connectivity index (χ2n) is 9.99. The number of nitrogens with zero attached hydrogens (tertiary/aromatic N) is 2. The van der Waals surface area contributed by atoms with Crippen molar-refractivity contribution in [1.82, 2.24) is 15.3 Å². The maximum Gasteiger partial charge on any atom is 0.433 e. The average molecular weight is 698 g/mol. The minimum atomic E-state index is -5.03. The van der Waals surface area contributed by atoms with Gasteiger partial charge in [-0.2, -0.15) is 13.2 Å². The number of esters is 1. The van der Waals surface area contributed by atoms with E-state index in [-0.39, 0.29) is 17.9 Å². The van der Waals surface area contributed by atoms with Gasteiger partial charge in [-0.25, -0.2) is 26.4 Å². The van der Waals surface area contributed by atoms with Gasteiger partial charge in [0.1, 0.15) is 34.8 Å². The summed E-state index contributed by atoms with van der Waals surface area (Å²) < 4.78 is 126. The molecule has 2 aromatic heterocycles. The summed E-state index contributed by atoms with van der Waals surface area (Å²) in [5, 5.41) is -0.110. The lowest BCUT2D eigenvalue weighted by molar-refractivity contribution is -0.149. The fraction of sp³-hybridized carbons (Fsp3) is 0.226. The van der Waals surface area contributed by atoms with Gasteiger partial charge in [-0.1, -0.05) is 12.1 Å². The van der Waals surface area contributed by atoms with E-state index in [0.29, 0.717) is 36.2 Å². The summed E-state index contributed by atoms with van der Waals surface area (Å²) in [5.41, 5.74) is -2.77. The molecule has 0 saturated carbocycles. The molecule has 4 aromatic rings. The number of halogens is 6. The number of aromatic nitrogens is 2. The molecular weight excluding hydrogens is 672 g/mol. The van der Waals surface area contributed by atoms with Crippen molar-refractivity contribution in [2.45, 2.75) is 29.9 Å². The summed E-state index contributed by atoms with van der Waals surface area (Å²) in [5.74, 6) is -6.00. The van der Waals surface area contributed by atoms with Crippen LogP contribution in [0.25, 0.3) is 0 Å². The molecule has 1 amide bonds. The van der Waals surface area contributed by atoms with Crippen LogP contribution >= 0.6 is 0 Å². The van der Waals surface area contributed by atoms with Gasteiger partial charge < -0.3 is 19.5 Å². The molecule has 1 N–H and O–H groups in total. The SMILES string of the molecule is COc1ccc(COCC(=O)OCNC(=O)c2cc(C)c(C(c3c(F)ccc(F)c3F)S(=O)(=O)c3ccc(C(F)(F)F)nc3)cn2)cc1. The number of benzene rings is 2. The van der Waals surface area contributed by atoms with E-state index in [1.807, 2.05) is 0 Å². The number of ether oxygens (including phenoxy) is 3. The fourth-order valence-corrected chi connectivity index (χ4v) is 6.20. The highest BCUT2D eigenvalue weighted by Gasteiger charge is 2.39. The van der Waals surface area contributed by atoms with E-state index in [1.54, 1.807) is 24.3 Å². The Morgan fingerprint density at radius 1 is 0.938 bits per heavy atom. The van der Waals surface area contributed by atoms with Gasteiger partial charge in [-0.15, -0.1) is 0 Å². The average Bonchev–Trinajstić information content (AvgIpc) is 3.05. The number of rotatable bonds is 12. The molecule has 4 rings (SSSR count). The molecule has 1 unspecified atom stereocenters. The number of carbonyl (C=O) groups excluding carboxylic acids is 2. The van der Waals surface area contributed by atoms with Crippen molar-refractivity contribution in [1.29, 1.82) is 0 Å². The molecule has 0 spiro atoms. The van der Waals surface area contributed by atoms with Gasteiger partial charge in [0.2, 0.25) is 0 Å². The quantitative estimate of drug-likeness (QED) is 0.0914. The van der Waals surface area contributed by atoms with Crippen molar-refractivity contribution in [2.24, 2.45) is 0 Å². The Balaban J connectivity index is 1.51. The number of hydrogen-bond donors (Lipinski definition) is 1. The van der Waals surface area contributed by atoms with Crippen LogP contribution in [0.5, 0.6) is 5.75 Å². The second-order valence-corrected chi connectivity index (χ2v) is 12.0. The van der Waals surface area contributed by atoms with Gasteiger partial charge in [0.05, 0.1) is 18.6 Å². The fourth-order valence-electron chi connectivity index (χ4n) is 4.37. The third-order valence-corrected chi connectivity index (χ3v) is 8.80. The second kappa shape index (κ2) is 14.8. The van der Waals surface area contributed by atoms with Crippen molar-refractivity contribution in [3.8, 4) is 5.75 Å². The summed E-state index contributed by atoms with van der Waals surface area (Å²) in [4.78, 5) is 30.8. The van der Waals surface area contributed by atoms with E-state index >= 15 is 4.39 Å². The van der Waals surface area contributed by atoms with E-state index in [2.05, 4.69) is 15.3 Å². The molecule has 0 saturated heterocycles. The molecule has 10 nitrogen and oxygen atoms in total. The number of nitrogens with one attached hydrogen (secondary N) is 1. The molecule has 0 bridgehead atoms. The molecule has 17 heteroatoms. The van der Waals surface area contributed by atoms with Crippen LogP contribution in [-0.4, -0.2) is 50.7 Å². The topological polar surface area (TPSA) is 134 Å². The Morgan fingerprint density at radius 3 is 2.23 bits per heavy atom. The van der Waals surface area contributed by atoms with Gasteiger partial charge in [-0.05, 0) is 66.1 Å². The summed E-state index contributed by atoms with van der Waals surface area (Å²) in [6.45, 7) is 0.308. The normalized spacial score (nSPS) is 12.3. The van der Waals surface area contributed by atoms with Crippen LogP contribution in [0.3, 0.4) is 0 Å². The van der Waals surface area contributed by atoms with E-state index < -0.39 is 85.6 Å². The molecule has 0 aliphatic rings. The van der Waals surface area contributed by atoms with Crippen LogP contribution in [0.2, 0.25) is 0 Å². The van der Waals surface area contributed by atoms with E-state index in [1.165, 1.54) is 14.0 Å². The molecule has 1 atom stereocenters. The number of amides is 1. The first kappa shape index (κ1) is 35.8. The minimum Gasteiger partial charge on any atom is -0.497 e. The monoisotopic (exact) mass is 697 g/mol. The highest BCUT2D eigenvalue weighted by molar-refractivity contribution is 7.91. The molecular formula is C31H25F6N3O7S. The Kier molecular flexibility index (Phi) is 11.1. The zero-order valence-corrected chi connectivity index (χ0v) is 25.8. The Hall–Kier alpha value is -5.03. The number of sulfone groups is 1. The van der Waals surface area contributed by atoms with Gasteiger partial charge in [0.25, 0.3) is 5.91 Å². The smallest absolute Gasteiger partial charge is 0.433 e. The van der Waals surface area contributed by atoms with Crippen LogP contribution in [0, 0.1) is 24.4 Å². The molecule has 48 heavy (non-hydrogen) atoms. The van der Waals surface area contributed by atoms with Crippen LogP contribution in [-0.2, 0) is 36.9 Å². The molecule has 0 aliphatic heterocycles. The zero-order chi connectivity index (χ0) is 35.2. The Labute approximate surface area is 269 Å². The third kappa shape index (κ3) is 8.27. The number of carbonyl (C=O) groups is 2. The maximum absolute atomic E-state index is 15.0. The van der Waals surface area contributed by atoms with E-state index in [0.717, 1.165) is 17.8 Å². The number of methoxy groups -OCH3 is 1. The summed E-state index contributed by atoms with van der Waals surface area (Å²) in [7, 11) is -3.51. The molecule has 0 fully saturated rings. The molecule has 0 radical (unpaired) electrons. The predicted molar refractivity (Wildman–Crippen MR) is 155 cm³/mol. The van der Waals surface area contributed by atoms with Crippen molar-refractivity contribution < 1.29 is 58.6 Å². The lowest BCUT2D eigenvalue weighted by Crippen LogP contribution is -2.29. The molecule has 0 aliphatic carbocycles. The zero-order valence-electron chi connectivity index (χ0n) is 25.0. The number of pyridine rings is 2. The first-order valence-electron chi connectivity index (χ1n) is 13.6. The molecule has 2 heterocycles. The van der Waals surface area contributed by atoms with Gasteiger partial charge >= 0.3 is 12.1 Å². The Bertz CT molecular complexity index is 1910. The van der Waals surface area contributed by atoms with Crippen molar-refractivity contribution in [3.63, 3.8) is 0 Å². The first-order chi connectivity index (χ1) is 22.6. The summed E-state index contributed by atoms with van der Waals surface area (Å²) >= 11 is 0. The standard InChI is InChI=1S/C31H25F6N3O7S/c1-17-11-24(30(42)40-16-47-26(41)15-46-14-18-3-5-19(45-2)6-4-18)38-13-21(17)29(27-22(32)8-9-23(33)28(27)34)48(43,44)20-7-10-25(39-12-20)31(35,36)37/h3-13,29H,14-16H2,1-2H3,(H,40,42). The first-order valence-corrected chi connectivity index (χ1v) is 15.2. The van der Waals surface area contributed by atoms with Crippen molar-refractivity contribution in [2.75, 3.05) is 20.4 Å². The predicted octanol–water partition coefficient (Wildman–Crippen LogP) is 5.24. The van der Waals surface area contributed by atoms with Crippen molar-refractivity contribution in [3.05, 3.63) is 118 Å². The number of hydrogen-bond acceptors (Lipinski definition) is 9. The molecule has 254 valence electrons. The van der Waals surface area contributed by atoms with E-state index in [4.69, 9.17) is 14.2 Å². The largest absolute Gasteiger partial charge is 0.497 e. The van der Waals surface area contributed by atoms with Gasteiger partial charge in [0.15, 0.2) is 28.2 Å². The lowest BCUT2D eigenvalue weighted by atomic mass is 10.00. The lowest BCUT2D eigenvalue weighted by Gasteiger charge is -2.22. The molecule has 2 aromatic carbocycles. The highest BCUT2D eigenvalue weighted by atomic mass is 32.2. The summed E-state index contributed by atoms with van der Waals surface area (Å²) in [6.07, 6.45) is -3.76. The van der Waals surface area contributed by atoms with Crippen molar-refractivity contribution >= 4 is 21.7 Å². The maximum atomic E-state index is 15.0. The van der Waals surface area contributed by atoms with Crippen LogP contribution < -0.4 is 10.1 Å². The van der Waals surface area contributed by atoms with Crippen LogP contribution in [0.4, 0.5) is 26.3 Å². The Morgan fingerprint density at radius 2 is 1.62 bits per heavy atom. The summed E-state index contributed by atoms with van der Waals surface area (Å²) in [6, 6.07) is 9.76. The van der Waals surface area contributed by atoms with Crippen LogP contribution in [0.15, 0.2) is 71.9 Å². The highest BCUT2D eigenvalue weighted by Crippen LogP contribution is 2.40. The van der Waals surface area contributed by atoms with Gasteiger partial charge in [-0.3, -0.25) is 14.8 Å². The number of alkyl halides is 3. The van der Waals surface area contributed by atoms with Crippen LogP contribution in [0.1, 0.15) is 43.7 Å². The third-order valence-electron chi connectivity index (χ3n) is 6.79.